The molecular weight excluding hydrogens is 258 g/mol. The minimum Gasteiger partial charge on any atom is -0.453 e. The molecule has 6 nitrogen and oxygen atoms in total. The van der Waals surface area contributed by atoms with Gasteiger partial charge < -0.3 is 19.9 Å². The Hall–Kier alpha value is -2.24. The van der Waals surface area contributed by atoms with E-state index in [1.165, 1.54) is 14.0 Å². The lowest BCUT2D eigenvalue weighted by Gasteiger charge is -2.35. The van der Waals surface area contributed by atoms with E-state index in [0.717, 1.165) is 24.5 Å². The summed E-state index contributed by atoms with van der Waals surface area (Å²) < 4.78 is 4.71. The molecule has 0 saturated carbocycles. The minimum absolute atomic E-state index is 0.0792. The maximum absolute atomic E-state index is 11.4. The lowest BCUT2D eigenvalue weighted by atomic mass is 10.2. The Bertz CT molecular complexity index is 479. The molecule has 20 heavy (non-hydrogen) atoms. The van der Waals surface area contributed by atoms with Crippen molar-refractivity contribution in [3.8, 4) is 0 Å². The van der Waals surface area contributed by atoms with E-state index in [-0.39, 0.29) is 12.0 Å². The van der Waals surface area contributed by atoms with Gasteiger partial charge in [-0.05, 0) is 24.3 Å². The largest absolute Gasteiger partial charge is 0.453 e. The van der Waals surface area contributed by atoms with Gasteiger partial charge in [0, 0.05) is 44.5 Å². The molecule has 1 aromatic rings. The molecule has 0 radical (unpaired) electrons. The normalized spacial score (nSPS) is 14.9. The fourth-order valence-corrected chi connectivity index (χ4v) is 2.24. The average Bonchev–Trinajstić information content (AvgIpc) is 2.47. The number of benzene rings is 1. The topological polar surface area (TPSA) is 61.9 Å². The zero-order valence-corrected chi connectivity index (χ0v) is 11.8. The van der Waals surface area contributed by atoms with E-state index in [9.17, 15) is 9.59 Å². The van der Waals surface area contributed by atoms with Gasteiger partial charge in [0.2, 0.25) is 5.91 Å². The van der Waals surface area contributed by atoms with Crippen LogP contribution < -0.4 is 10.2 Å². The Balaban J connectivity index is 1.93. The van der Waals surface area contributed by atoms with Gasteiger partial charge in [-0.1, -0.05) is 0 Å². The summed E-state index contributed by atoms with van der Waals surface area (Å²) in [5.74, 6) is -0.0792. The SMILES string of the molecule is COC(=O)N1CCN(c2ccc(NC(C)=O)cc2)CC1. The number of anilines is 2. The zero-order valence-electron chi connectivity index (χ0n) is 11.8. The van der Waals surface area contributed by atoms with Crippen molar-refractivity contribution in [2.45, 2.75) is 6.92 Å². The van der Waals surface area contributed by atoms with Crippen LogP contribution in [0.4, 0.5) is 16.2 Å². The van der Waals surface area contributed by atoms with Crippen LogP contribution in [0.15, 0.2) is 24.3 Å². The van der Waals surface area contributed by atoms with Gasteiger partial charge in [-0.2, -0.15) is 0 Å². The maximum Gasteiger partial charge on any atom is 0.409 e. The molecule has 1 aliphatic heterocycles. The van der Waals surface area contributed by atoms with E-state index in [2.05, 4.69) is 10.2 Å². The van der Waals surface area contributed by atoms with E-state index >= 15 is 0 Å². The third-order valence-electron chi connectivity index (χ3n) is 3.27. The first-order valence-corrected chi connectivity index (χ1v) is 6.55. The van der Waals surface area contributed by atoms with Crippen LogP contribution in [0.5, 0.6) is 0 Å². The molecule has 2 amide bonds. The number of nitrogens with one attached hydrogen (secondary N) is 1. The van der Waals surface area contributed by atoms with Gasteiger partial charge in [-0.3, -0.25) is 4.79 Å². The molecule has 1 fully saturated rings. The number of rotatable bonds is 2. The van der Waals surface area contributed by atoms with Crippen molar-refractivity contribution < 1.29 is 14.3 Å². The average molecular weight is 277 g/mol. The highest BCUT2D eigenvalue weighted by Gasteiger charge is 2.21. The van der Waals surface area contributed by atoms with E-state index in [0.29, 0.717) is 13.1 Å². The van der Waals surface area contributed by atoms with Crippen LogP contribution in [0.25, 0.3) is 0 Å². The smallest absolute Gasteiger partial charge is 0.409 e. The summed E-state index contributed by atoms with van der Waals surface area (Å²) in [4.78, 5) is 26.3. The zero-order chi connectivity index (χ0) is 14.5. The van der Waals surface area contributed by atoms with Gasteiger partial charge in [0.25, 0.3) is 0 Å². The molecule has 108 valence electrons. The number of hydrogen-bond donors (Lipinski definition) is 1. The number of hydrogen-bond acceptors (Lipinski definition) is 4. The van der Waals surface area contributed by atoms with Crippen LogP contribution in [0.3, 0.4) is 0 Å². The second-order valence-corrected chi connectivity index (χ2v) is 4.67. The Morgan fingerprint density at radius 1 is 1.10 bits per heavy atom. The first-order valence-electron chi connectivity index (χ1n) is 6.55. The molecule has 1 saturated heterocycles. The molecule has 2 rings (SSSR count). The molecule has 6 heteroatoms. The van der Waals surface area contributed by atoms with E-state index in [1.54, 1.807) is 4.90 Å². The summed E-state index contributed by atoms with van der Waals surface area (Å²) in [5, 5.41) is 2.74. The molecule has 0 unspecified atom stereocenters. The molecule has 0 aliphatic carbocycles. The van der Waals surface area contributed by atoms with Gasteiger partial charge in [0.05, 0.1) is 7.11 Å². The van der Waals surface area contributed by atoms with Crippen LogP contribution in [0, 0.1) is 0 Å². The third kappa shape index (κ3) is 3.40. The van der Waals surface area contributed by atoms with Gasteiger partial charge >= 0.3 is 6.09 Å². The molecular formula is C14H19N3O3. The minimum atomic E-state index is -0.273. The lowest BCUT2D eigenvalue weighted by molar-refractivity contribution is -0.114. The van der Waals surface area contributed by atoms with Crippen LogP contribution in [-0.4, -0.2) is 50.2 Å². The van der Waals surface area contributed by atoms with Gasteiger partial charge in [0.15, 0.2) is 0 Å². The quantitative estimate of drug-likeness (QED) is 0.890. The summed E-state index contributed by atoms with van der Waals surface area (Å²) in [6.07, 6.45) is -0.273. The monoisotopic (exact) mass is 277 g/mol. The highest BCUT2D eigenvalue weighted by molar-refractivity contribution is 5.88. The molecule has 0 spiro atoms. The summed E-state index contributed by atoms with van der Waals surface area (Å²) in [6, 6.07) is 7.70. The van der Waals surface area contributed by atoms with Crippen LogP contribution in [-0.2, 0) is 9.53 Å². The molecule has 0 atom stereocenters. The number of amides is 2. The number of ether oxygens (including phenoxy) is 1. The lowest BCUT2D eigenvalue weighted by Crippen LogP contribution is -2.48. The number of nitrogens with zero attached hydrogens (tertiary/aromatic N) is 2. The highest BCUT2D eigenvalue weighted by atomic mass is 16.5. The summed E-state index contributed by atoms with van der Waals surface area (Å²) in [6.45, 7) is 4.34. The van der Waals surface area contributed by atoms with Crippen LogP contribution in [0.2, 0.25) is 0 Å². The molecule has 1 aliphatic rings. The van der Waals surface area contributed by atoms with Gasteiger partial charge in [-0.15, -0.1) is 0 Å². The summed E-state index contributed by atoms with van der Waals surface area (Å²) in [5.41, 5.74) is 1.87. The number of carbonyl (C=O) groups is 2. The molecule has 1 heterocycles. The number of carbonyl (C=O) groups excluding carboxylic acids is 2. The molecule has 1 aromatic carbocycles. The Kier molecular flexibility index (Phi) is 4.45. The van der Waals surface area contributed by atoms with Crippen molar-refractivity contribution in [2.75, 3.05) is 43.5 Å². The Morgan fingerprint density at radius 3 is 2.20 bits per heavy atom. The van der Waals surface area contributed by atoms with E-state index < -0.39 is 0 Å². The predicted molar refractivity (Wildman–Crippen MR) is 76.9 cm³/mol. The highest BCUT2D eigenvalue weighted by Crippen LogP contribution is 2.19. The Labute approximate surface area is 118 Å². The van der Waals surface area contributed by atoms with Crippen molar-refractivity contribution in [1.82, 2.24) is 4.90 Å². The first kappa shape index (κ1) is 14.2. The first-order chi connectivity index (χ1) is 9.60. The second kappa shape index (κ2) is 6.27. The van der Waals surface area contributed by atoms with Crippen molar-refractivity contribution >= 4 is 23.4 Å². The van der Waals surface area contributed by atoms with E-state index in [1.807, 2.05) is 24.3 Å². The fourth-order valence-electron chi connectivity index (χ4n) is 2.24. The summed E-state index contributed by atoms with van der Waals surface area (Å²) >= 11 is 0. The maximum atomic E-state index is 11.4. The van der Waals surface area contributed by atoms with Crippen LogP contribution >= 0.6 is 0 Å². The molecule has 1 N–H and O–H groups in total. The van der Waals surface area contributed by atoms with Gasteiger partial charge in [-0.25, -0.2) is 4.79 Å². The standard InChI is InChI=1S/C14H19N3O3/c1-11(18)15-12-3-5-13(6-4-12)16-7-9-17(10-8-16)14(19)20-2/h3-6H,7-10H2,1-2H3,(H,15,18). The second-order valence-electron chi connectivity index (χ2n) is 4.67. The Morgan fingerprint density at radius 2 is 1.70 bits per heavy atom. The third-order valence-corrected chi connectivity index (χ3v) is 3.27. The van der Waals surface area contributed by atoms with Crippen molar-refractivity contribution in [2.24, 2.45) is 0 Å². The number of methoxy groups -OCH3 is 1. The van der Waals surface area contributed by atoms with E-state index in [4.69, 9.17) is 4.74 Å². The van der Waals surface area contributed by atoms with Crippen molar-refractivity contribution in [3.63, 3.8) is 0 Å². The number of piperazine rings is 1. The van der Waals surface area contributed by atoms with Gasteiger partial charge in [0.1, 0.15) is 0 Å². The molecule has 0 aromatic heterocycles. The molecule has 0 bridgehead atoms. The van der Waals surface area contributed by atoms with Crippen molar-refractivity contribution in [3.05, 3.63) is 24.3 Å². The predicted octanol–water partition coefficient (Wildman–Crippen LogP) is 1.53. The van der Waals surface area contributed by atoms with Crippen LogP contribution in [0.1, 0.15) is 6.92 Å². The van der Waals surface area contributed by atoms with Crippen molar-refractivity contribution in [1.29, 1.82) is 0 Å². The summed E-state index contributed by atoms with van der Waals surface area (Å²) in [7, 11) is 1.40. The fraction of sp³-hybridized carbons (Fsp3) is 0.429.